The molecule has 2 aromatic rings. The van der Waals surface area contributed by atoms with Crippen LogP contribution in [0.4, 0.5) is 5.69 Å². The number of hydrogen-bond donors (Lipinski definition) is 1. The van der Waals surface area contributed by atoms with Crippen molar-refractivity contribution in [2.45, 2.75) is 25.8 Å². The number of carbonyl (C=O) groups excluding carboxylic acids is 1. The van der Waals surface area contributed by atoms with Gasteiger partial charge in [-0.3, -0.25) is 9.69 Å². The first-order valence-electron chi connectivity index (χ1n) is 7.96. The third kappa shape index (κ3) is 3.59. The highest BCUT2D eigenvalue weighted by Crippen LogP contribution is 2.31. The molecule has 0 unspecified atom stereocenters. The highest BCUT2D eigenvalue weighted by atomic mass is 35.5. The molecule has 3 rings (SSSR count). The Morgan fingerprint density at radius 1 is 1.39 bits per heavy atom. The zero-order valence-corrected chi connectivity index (χ0v) is 14.3. The van der Waals surface area contributed by atoms with Crippen molar-refractivity contribution in [2.75, 3.05) is 18.4 Å². The van der Waals surface area contributed by atoms with Gasteiger partial charge in [-0.1, -0.05) is 11.6 Å². The molecule has 1 atom stereocenters. The number of benzene rings is 1. The van der Waals surface area contributed by atoms with Gasteiger partial charge in [-0.25, -0.2) is 0 Å². The van der Waals surface area contributed by atoms with E-state index in [9.17, 15) is 4.79 Å². The van der Waals surface area contributed by atoms with Crippen LogP contribution in [0.25, 0.3) is 0 Å². The third-order valence-corrected chi connectivity index (χ3v) is 4.73. The summed E-state index contributed by atoms with van der Waals surface area (Å²) in [6.07, 6.45) is 4.29. The van der Waals surface area contributed by atoms with Crippen molar-refractivity contribution in [3.05, 3.63) is 52.8 Å². The summed E-state index contributed by atoms with van der Waals surface area (Å²) in [5, 5.41) is 3.68. The van der Waals surface area contributed by atoms with Gasteiger partial charge in [0.15, 0.2) is 0 Å². The Bertz CT molecular complexity index is 710. The van der Waals surface area contributed by atoms with E-state index >= 15 is 0 Å². The lowest BCUT2D eigenvalue weighted by Gasteiger charge is -2.24. The first-order chi connectivity index (χ1) is 11.0. The summed E-state index contributed by atoms with van der Waals surface area (Å²) >= 11 is 5.96. The minimum absolute atomic E-state index is 0.0246. The highest BCUT2D eigenvalue weighted by Gasteiger charge is 2.28. The highest BCUT2D eigenvalue weighted by molar-refractivity contribution is 6.30. The second kappa shape index (κ2) is 6.77. The van der Waals surface area contributed by atoms with Gasteiger partial charge in [0, 0.05) is 29.6 Å². The second-order valence-corrected chi connectivity index (χ2v) is 6.62. The number of likely N-dealkylation sites (tertiary alicyclic amines) is 1. The summed E-state index contributed by atoms with van der Waals surface area (Å²) in [7, 11) is 2.06. The van der Waals surface area contributed by atoms with Gasteiger partial charge in [0.1, 0.15) is 0 Å². The van der Waals surface area contributed by atoms with E-state index in [2.05, 4.69) is 40.2 Å². The maximum Gasteiger partial charge on any atom is 0.238 e. The molecule has 0 saturated carbocycles. The fraction of sp³-hybridized carbons (Fsp3) is 0.389. The van der Waals surface area contributed by atoms with Crippen LogP contribution in [0.15, 0.2) is 36.5 Å². The summed E-state index contributed by atoms with van der Waals surface area (Å²) in [6.45, 7) is 3.32. The molecule has 1 N–H and O–H groups in total. The molecule has 1 aromatic carbocycles. The van der Waals surface area contributed by atoms with Crippen molar-refractivity contribution >= 4 is 23.2 Å². The number of hydrogen-bond acceptors (Lipinski definition) is 2. The SMILES string of the molecule is Cc1cc(Cl)ccc1NC(=O)CN1CCC[C@@H]1c1cccn1C. The Balaban J connectivity index is 1.66. The molecule has 1 saturated heterocycles. The van der Waals surface area contributed by atoms with Crippen molar-refractivity contribution < 1.29 is 4.79 Å². The third-order valence-electron chi connectivity index (χ3n) is 4.50. The van der Waals surface area contributed by atoms with Crippen LogP contribution in [0.5, 0.6) is 0 Å². The van der Waals surface area contributed by atoms with Gasteiger partial charge in [0.2, 0.25) is 5.91 Å². The lowest BCUT2D eigenvalue weighted by atomic mass is 10.1. The monoisotopic (exact) mass is 331 g/mol. The summed E-state index contributed by atoms with van der Waals surface area (Å²) in [4.78, 5) is 14.7. The average Bonchev–Trinajstić information content (AvgIpc) is 3.10. The molecular formula is C18H22ClN3O. The predicted octanol–water partition coefficient (Wildman–Crippen LogP) is 3.76. The normalized spacial score (nSPS) is 18.3. The Morgan fingerprint density at radius 2 is 2.22 bits per heavy atom. The quantitative estimate of drug-likeness (QED) is 0.926. The molecule has 1 aliphatic rings. The van der Waals surface area contributed by atoms with Crippen LogP contribution in [0.2, 0.25) is 5.02 Å². The number of aromatic nitrogens is 1. The number of aryl methyl sites for hydroxylation is 2. The number of amides is 1. The van der Waals surface area contributed by atoms with Crippen LogP contribution < -0.4 is 5.32 Å². The first-order valence-corrected chi connectivity index (χ1v) is 8.33. The summed E-state index contributed by atoms with van der Waals surface area (Å²) in [5.41, 5.74) is 3.08. The molecule has 0 bridgehead atoms. The minimum Gasteiger partial charge on any atom is -0.353 e. The van der Waals surface area contributed by atoms with Gasteiger partial charge < -0.3 is 9.88 Å². The van der Waals surface area contributed by atoms with Gasteiger partial charge in [-0.2, -0.15) is 0 Å². The van der Waals surface area contributed by atoms with Crippen molar-refractivity contribution in [2.24, 2.45) is 7.05 Å². The molecule has 0 radical (unpaired) electrons. The zero-order chi connectivity index (χ0) is 16.4. The Labute approximate surface area is 142 Å². The van der Waals surface area contributed by atoms with Crippen LogP contribution in [0.1, 0.15) is 30.1 Å². The van der Waals surface area contributed by atoms with Crippen molar-refractivity contribution in [1.82, 2.24) is 9.47 Å². The largest absolute Gasteiger partial charge is 0.353 e. The lowest BCUT2D eigenvalue weighted by Crippen LogP contribution is -2.33. The van der Waals surface area contributed by atoms with Crippen LogP contribution in [-0.4, -0.2) is 28.5 Å². The van der Waals surface area contributed by atoms with Gasteiger partial charge in [0.25, 0.3) is 0 Å². The second-order valence-electron chi connectivity index (χ2n) is 6.18. The fourth-order valence-electron chi connectivity index (χ4n) is 3.31. The average molecular weight is 332 g/mol. The van der Waals surface area contributed by atoms with Gasteiger partial charge >= 0.3 is 0 Å². The maximum atomic E-state index is 12.4. The van der Waals surface area contributed by atoms with Crippen LogP contribution in [0, 0.1) is 6.92 Å². The molecule has 5 heteroatoms. The molecule has 122 valence electrons. The Morgan fingerprint density at radius 3 is 2.91 bits per heavy atom. The van der Waals surface area contributed by atoms with E-state index in [1.807, 2.05) is 19.1 Å². The molecule has 2 heterocycles. The molecule has 1 amide bonds. The summed E-state index contributed by atoms with van der Waals surface area (Å²) in [6, 6.07) is 10.0. The lowest BCUT2D eigenvalue weighted by molar-refractivity contribution is -0.117. The van der Waals surface area contributed by atoms with Gasteiger partial charge in [0.05, 0.1) is 12.6 Å². The number of carbonyl (C=O) groups is 1. The topological polar surface area (TPSA) is 37.3 Å². The molecule has 1 aliphatic heterocycles. The van der Waals surface area contributed by atoms with E-state index in [0.29, 0.717) is 17.6 Å². The molecule has 4 nitrogen and oxygen atoms in total. The smallest absolute Gasteiger partial charge is 0.238 e. The van der Waals surface area contributed by atoms with E-state index < -0.39 is 0 Å². The number of halogens is 1. The zero-order valence-electron chi connectivity index (χ0n) is 13.6. The standard InChI is InChI=1S/C18H22ClN3O/c1-13-11-14(19)7-8-15(13)20-18(23)12-22-10-4-6-17(22)16-5-3-9-21(16)2/h3,5,7-9,11,17H,4,6,10,12H2,1-2H3,(H,20,23)/t17-/m1/s1. The van der Waals surface area contributed by atoms with E-state index in [1.165, 1.54) is 5.69 Å². The van der Waals surface area contributed by atoms with Crippen LogP contribution in [-0.2, 0) is 11.8 Å². The van der Waals surface area contributed by atoms with Crippen molar-refractivity contribution in [3.8, 4) is 0 Å². The maximum absolute atomic E-state index is 12.4. The number of nitrogens with one attached hydrogen (secondary N) is 1. The molecule has 23 heavy (non-hydrogen) atoms. The van der Waals surface area contributed by atoms with Crippen molar-refractivity contribution in [1.29, 1.82) is 0 Å². The molecule has 1 fully saturated rings. The number of nitrogens with zero attached hydrogens (tertiary/aromatic N) is 2. The minimum atomic E-state index is 0.0246. The van der Waals surface area contributed by atoms with Crippen LogP contribution >= 0.6 is 11.6 Å². The van der Waals surface area contributed by atoms with E-state index in [-0.39, 0.29) is 5.91 Å². The predicted molar refractivity (Wildman–Crippen MR) is 93.8 cm³/mol. The van der Waals surface area contributed by atoms with E-state index in [0.717, 1.165) is 30.6 Å². The molecule has 0 aliphatic carbocycles. The summed E-state index contributed by atoms with van der Waals surface area (Å²) in [5.74, 6) is 0.0246. The Hall–Kier alpha value is -1.78. The molecule has 0 spiro atoms. The number of rotatable bonds is 4. The molecule has 1 aromatic heterocycles. The van der Waals surface area contributed by atoms with E-state index in [1.54, 1.807) is 6.07 Å². The molecular weight excluding hydrogens is 310 g/mol. The summed E-state index contributed by atoms with van der Waals surface area (Å²) < 4.78 is 2.14. The van der Waals surface area contributed by atoms with Crippen molar-refractivity contribution in [3.63, 3.8) is 0 Å². The van der Waals surface area contributed by atoms with Gasteiger partial charge in [-0.15, -0.1) is 0 Å². The van der Waals surface area contributed by atoms with Gasteiger partial charge in [-0.05, 0) is 62.2 Å². The van der Waals surface area contributed by atoms with E-state index in [4.69, 9.17) is 11.6 Å². The Kier molecular flexibility index (Phi) is 4.74. The number of anilines is 1. The first kappa shape index (κ1) is 16.1. The van der Waals surface area contributed by atoms with Crippen LogP contribution in [0.3, 0.4) is 0 Å². The fourth-order valence-corrected chi connectivity index (χ4v) is 3.54.